The minimum Gasteiger partial charge on any atom is -0.346 e. The molecule has 1 amide bonds. The SMILES string of the molecule is CC(C)(C)NC(=O)c1cnc(Nc2ccccc2)cn1. The predicted octanol–water partition coefficient (Wildman–Crippen LogP) is 2.75. The molecular weight excluding hydrogens is 252 g/mol. The van der Waals surface area contributed by atoms with Gasteiger partial charge in [0.05, 0.1) is 12.4 Å². The fourth-order valence-electron chi connectivity index (χ4n) is 1.58. The van der Waals surface area contributed by atoms with Gasteiger partial charge in [-0.3, -0.25) is 4.79 Å². The van der Waals surface area contributed by atoms with Crippen LogP contribution >= 0.6 is 0 Å². The molecular formula is C15H18N4O. The summed E-state index contributed by atoms with van der Waals surface area (Å²) in [7, 11) is 0. The summed E-state index contributed by atoms with van der Waals surface area (Å²) in [5.74, 6) is 0.375. The van der Waals surface area contributed by atoms with Crippen molar-refractivity contribution < 1.29 is 4.79 Å². The highest BCUT2D eigenvalue weighted by Crippen LogP contribution is 2.12. The third-order valence-electron chi connectivity index (χ3n) is 2.42. The number of nitrogens with one attached hydrogen (secondary N) is 2. The predicted molar refractivity (Wildman–Crippen MR) is 79.0 cm³/mol. The Kier molecular flexibility index (Phi) is 3.98. The number of para-hydroxylation sites is 1. The van der Waals surface area contributed by atoms with E-state index in [0.717, 1.165) is 5.69 Å². The summed E-state index contributed by atoms with van der Waals surface area (Å²) in [6.07, 6.45) is 3.01. The van der Waals surface area contributed by atoms with Crippen molar-refractivity contribution in [3.63, 3.8) is 0 Å². The molecule has 2 aromatic rings. The first kappa shape index (κ1) is 14.0. The van der Waals surface area contributed by atoms with E-state index in [9.17, 15) is 4.79 Å². The van der Waals surface area contributed by atoms with Gasteiger partial charge < -0.3 is 10.6 Å². The fourth-order valence-corrected chi connectivity index (χ4v) is 1.58. The standard InChI is InChI=1S/C15H18N4O/c1-15(2,3)19-14(20)12-9-17-13(10-16-12)18-11-7-5-4-6-8-11/h4-10H,1-3H3,(H,17,18)(H,19,20). The van der Waals surface area contributed by atoms with Crippen molar-refractivity contribution in [2.24, 2.45) is 0 Å². The number of nitrogens with zero attached hydrogens (tertiary/aromatic N) is 2. The molecule has 0 saturated heterocycles. The number of carbonyl (C=O) groups is 1. The Bertz CT molecular complexity index is 573. The summed E-state index contributed by atoms with van der Waals surface area (Å²) in [5.41, 5.74) is 0.937. The Balaban J connectivity index is 2.05. The molecule has 2 rings (SSSR count). The normalized spacial score (nSPS) is 10.9. The van der Waals surface area contributed by atoms with Crippen LogP contribution in [0.3, 0.4) is 0 Å². The maximum absolute atomic E-state index is 11.9. The van der Waals surface area contributed by atoms with Gasteiger partial charge in [0.25, 0.3) is 5.91 Å². The topological polar surface area (TPSA) is 66.9 Å². The zero-order valence-corrected chi connectivity index (χ0v) is 11.8. The Morgan fingerprint density at radius 3 is 2.30 bits per heavy atom. The molecule has 0 atom stereocenters. The van der Waals surface area contributed by atoms with Crippen LogP contribution in [0.5, 0.6) is 0 Å². The highest BCUT2D eigenvalue weighted by atomic mass is 16.2. The third-order valence-corrected chi connectivity index (χ3v) is 2.42. The van der Waals surface area contributed by atoms with E-state index < -0.39 is 0 Å². The van der Waals surface area contributed by atoms with Gasteiger partial charge in [-0.25, -0.2) is 9.97 Å². The third kappa shape index (κ3) is 4.05. The molecule has 1 aromatic carbocycles. The number of carbonyl (C=O) groups excluding carboxylic acids is 1. The first-order valence-corrected chi connectivity index (χ1v) is 6.41. The molecule has 0 unspecified atom stereocenters. The minimum atomic E-state index is -0.292. The van der Waals surface area contributed by atoms with Crippen molar-refractivity contribution in [1.82, 2.24) is 15.3 Å². The number of hydrogen-bond donors (Lipinski definition) is 2. The van der Waals surface area contributed by atoms with Crippen molar-refractivity contribution >= 4 is 17.4 Å². The summed E-state index contributed by atoms with van der Waals surface area (Å²) in [6, 6.07) is 9.67. The van der Waals surface area contributed by atoms with Crippen LogP contribution in [0.1, 0.15) is 31.3 Å². The van der Waals surface area contributed by atoms with Crippen LogP contribution in [0, 0.1) is 0 Å². The van der Waals surface area contributed by atoms with E-state index in [1.54, 1.807) is 6.20 Å². The highest BCUT2D eigenvalue weighted by Gasteiger charge is 2.16. The second-order valence-corrected chi connectivity index (χ2v) is 5.48. The van der Waals surface area contributed by atoms with Gasteiger partial charge in [-0.05, 0) is 32.9 Å². The number of rotatable bonds is 3. The van der Waals surface area contributed by atoms with Crippen LogP contribution in [0.2, 0.25) is 0 Å². The first-order chi connectivity index (χ1) is 9.44. The largest absolute Gasteiger partial charge is 0.346 e. The van der Waals surface area contributed by atoms with Crippen molar-refractivity contribution in [2.45, 2.75) is 26.3 Å². The fraction of sp³-hybridized carbons (Fsp3) is 0.267. The lowest BCUT2D eigenvalue weighted by Crippen LogP contribution is -2.40. The molecule has 104 valence electrons. The monoisotopic (exact) mass is 270 g/mol. The minimum absolute atomic E-state index is 0.226. The van der Waals surface area contributed by atoms with Gasteiger partial charge in [-0.15, -0.1) is 0 Å². The molecule has 0 saturated carbocycles. The molecule has 0 spiro atoms. The number of benzene rings is 1. The quantitative estimate of drug-likeness (QED) is 0.900. The van der Waals surface area contributed by atoms with Gasteiger partial charge in [-0.1, -0.05) is 18.2 Å². The first-order valence-electron chi connectivity index (χ1n) is 6.41. The van der Waals surface area contributed by atoms with Gasteiger partial charge in [0.1, 0.15) is 11.5 Å². The molecule has 0 aliphatic rings. The van der Waals surface area contributed by atoms with Crippen LogP contribution in [0.4, 0.5) is 11.5 Å². The van der Waals surface area contributed by atoms with Gasteiger partial charge in [0, 0.05) is 11.2 Å². The van der Waals surface area contributed by atoms with E-state index in [-0.39, 0.29) is 11.4 Å². The second-order valence-electron chi connectivity index (χ2n) is 5.48. The van der Waals surface area contributed by atoms with E-state index in [4.69, 9.17) is 0 Å². The van der Waals surface area contributed by atoms with Gasteiger partial charge in [-0.2, -0.15) is 0 Å². The van der Waals surface area contributed by atoms with E-state index >= 15 is 0 Å². The Labute approximate surface area is 118 Å². The second kappa shape index (κ2) is 5.69. The summed E-state index contributed by atoms with van der Waals surface area (Å²) < 4.78 is 0. The maximum Gasteiger partial charge on any atom is 0.271 e. The van der Waals surface area contributed by atoms with E-state index in [2.05, 4.69) is 20.6 Å². The average Bonchev–Trinajstić information content (AvgIpc) is 2.39. The van der Waals surface area contributed by atoms with E-state index in [1.165, 1.54) is 6.20 Å². The zero-order chi connectivity index (χ0) is 14.6. The number of aromatic nitrogens is 2. The molecule has 2 N–H and O–H groups in total. The maximum atomic E-state index is 11.9. The Morgan fingerprint density at radius 1 is 1.05 bits per heavy atom. The highest BCUT2D eigenvalue weighted by molar-refractivity contribution is 5.92. The van der Waals surface area contributed by atoms with E-state index in [1.807, 2.05) is 51.1 Å². The van der Waals surface area contributed by atoms with Crippen molar-refractivity contribution in [3.8, 4) is 0 Å². The Hall–Kier alpha value is -2.43. The number of hydrogen-bond acceptors (Lipinski definition) is 4. The molecule has 0 aliphatic carbocycles. The average molecular weight is 270 g/mol. The summed E-state index contributed by atoms with van der Waals surface area (Å²) >= 11 is 0. The molecule has 0 fully saturated rings. The Morgan fingerprint density at radius 2 is 1.75 bits per heavy atom. The smallest absolute Gasteiger partial charge is 0.271 e. The lowest BCUT2D eigenvalue weighted by molar-refractivity contribution is 0.0914. The van der Waals surface area contributed by atoms with Crippen LogP contribution in [0.25, 0.3) is 0 Å². The molecule has 0 aliphatic heterocycles. The summed E-state index contributed by atoms with van der Waals surface area (Å²) in [5, 5.41) is 5.96. The van der Waals surface area contributed by atoms with Gasteiger partial charge in [0.15, 0.2) is 0 Å². The van der Waals surface area contributed by atoms with Gasteiger partial charge >= 0.3 is 0 Å². The molecule has 5 nitrogen and oxygen atoms in total. The van der Waals surface area contributed by atoms with Crippen LogP contribution in [-0.2, 0) is 0 Å². The number of amides is 1. The molecule has 5 heteroatoms. The van der Waals surface area contributed by atoms with Crippen molar-refractivity contribution in [2.75, 3.05) is 5.32 Å². The summed E-state index contributed by atoms with van der Waals surface area (Å²) in [6.45, 7) is 5.76. The zero-order valence-electron chi connectivity index (χ0n) is 11.8. The van der Waals surface area contributed by atoms with Gasteiger partial charge in [0.2, 0.25) is 0 Å². The van der Waals surface area contributed by atoms with E-state index in [0.29, 0.717) is 11.5 Å². The van der Waals surface area contributed by atoms with Crippen molar-refractivity contribution in [1.29, 1.82) is 0 Å². The lowest BCUT2D eigenvalue weighted by atomic mass is 10.1. The van der Waals surface area contributed by atoms with Crippen LogP contribution < -0.4 is 10.6 Å². The number of anilines is 2. The molecule has 1 aromatic heterocycles. The van der Waals surface area contributed by atoms with Crippen molar-refractivity contribution in [3.05, 3.63) is 48.4 Å². The summed E-state index contributed by atoms with van der Waals surface area (Å²) in [4.78, 5) is 20.2. The lowest BCUT2D eigenvalue weighted by Gasteiger charge is -2.19. The van der Waals surface area contributed by atoms with Crippen LogP contribution in [-0.4, -0.2) is 21.4 Å². The molecule has 1 heterocycles. The van der Waals surface area contributed by atoms with Crippen LogP contribution in [0.15, 0.2) is 42.7 Å². The molecule has 0 radical (unpaired) electrons. The molecule has 0 bridgehead atoms. The molecule has 20 heavy (non-hydrogen) atoms.